The van der Waals surface area contributed by atoms with E-state index >= 15 is 0 Å². The van der Waals surface area contributed by atoms with Crippen LogP contribution in [0.25, 0.3) is 0 Å². The van der Waals surface area contributed by atoms with Gasteiger partial charge in [-0.3, -0.25) is 4.79 Å². The summed E-state index contributed by atoms with van der Waals surface area (Å²) < 4.78 is 5.46. The number of hydrogen-bond acceptors (Lipinski definition) is 4. The van der Waals surface area contributed by atoms with E-state index in [0.717, 1.165) is 0 Å². The minimum absolute atomic E-state index is 0.136. The van der Waals surface area contributed by atoms with Crippen LogP contribution in [0.2, 0.25) is 0 Å². The molecule has 0 aromatic heterocycles. The van der Waals surface area contributed by atoms with Crippen LogP contribution in [-0.2, 0) is 9.59 Å². The largest absolute Gasteiger partial charge is 0.480 e. The van der Waals surface area contributed by atoms with E-state index in [9.17, 15) is 9.59 Å². The van der Waals surface area contributed by atoms with Crippen LogP contribution < -0.4 is 10.1 Å². The molecule has 22 heavy (non-hydrogen) atoms. The zero-order valence-corrected chi connectivity index (χ0v) is 12.9. The molecule has 0 heterocycles. The molecular formula is C16H20N2O4. The number of amides is 1. The van der Waals surface area contributed by atoms with Gasteiger partial charge in [-0.05, 0) is 31.4 Å². The summed E-state index contributed by atoms with van der Waals surface area (Å²) in [5.74, 6) is -1.17. The summed E-state index contributed by atoms with van der Waals surface area (Å²) in [5, 5.41) is 20.6. The number of hydrogen-bond donors (Lipinski definition) is 2. The Morgan fingerprint density at radius 2 is 1.95 bits per heavy atom. The van der Waals surface area contributed by atoms with Gasteiger partial charge >= 0.3 is 5.97 Å². The van der Waals surface area contributed by atoms with E-state index in [0.29, 0.717) is 17.7 Å². The minimum Gasteiger partial charge on any atom is -0.480 e. The number of nitriles is 1. The Hall–Kier alpha value is -2.55. The number of carboxylic acids is 1. The Morgan fingerprint density at radius 1 is 1.32 bits per heavy atom. The molecule has 0 aliphatic carbocycles. The first-order chi connectivity index (χ1) is 10.3. The van der Waals surface area contributed by atoms with E-state index in [-0.39, 0.29) is 5.92 Å². The fourth-order valence-electron chi connectivity index (χ4n) is 1.89. The number of benzene rings is 1. The van der Waals surface area contributed by atoms with Gasteiger partial charge in [-0.15, -0.1) is 0 Å². The number of ether oxygens (including phenoxy) is 1. The highest BCUT2D eigenvalue weighted by atomic mass is 16.5. The molecule has 0 aliphatic heterocycles. The molecule has 1 aromatic rings. The molecule has 0 saturated heterocycles. The van der Waals surface area contributed by atoms with Crippen molar-refractivity contribution in [2.24, 2.45) is 5.92 Å². The average molecular weight is 304 g/mol. The summed E-state index contributed by atoms with van der Waals surface area (Å²) in [6.45, 7) is 5.27. The molecule has 118 valence electrons. The number of aliphatic carboxylic acids is 1. The molecule has 0 saturated carbocycles. The van der Waals surface area contributed by atoms with Gasteiger partial charge in [-0.1, -0.05) is 26.0 Å². The van der Waals surface area contributed by atoms with Gasteiger partial charge in [0.25, 0.3) is 5.91 Å². The number of carboxylic acid groups (broad SMARTS) is 1. The SMILES string of the molecule is CC(C)C[C@@H](NC(=O)C(C)Oc1ccccc1C#N)C(=O)O. The third-order valence-corrected chi connectivity index (χ3v) is 3.00. The van der Waals surface area contributed by atoms with Gasteiger partial charge in [0, 0.05) is 0 Å². The van der Waals surface area contributed by atoms with Gasteiger partial charge in [-0.25, -0.2) is 4.79 Å². The molecular weight excluding hydrogens is 284 g/mol. The lowest BCUT2D eigenvalue weighted by atomic mass is 10.0. The molecule has 1 rings (SSSR count). The molecule has 1 aromatic carbocycles. The lowest BCUT2D eigenvalue weighted by molar-refractivity contribution is -0.143. The van der Waals surface area contributed by atoms with Crippen molar-refractivity contribution in [1.29, 1.82) is 5.26 Å². The fraction of sp³-hybridized carbons (Fsp3) is 0.438. The van der Waals surface area contributed by atoms with E-state index in [1.165, 1.54) is 6.92 Å². The highest BCUT2D eigenvalue weighted by molar-refractivity contribution is 5.86. The van der Waals surface area contributed by atoms with Gasteiger partial charge in [0.05, 0.1) is 5.56 Å². The Labute approximate surface area is 129 Å². The van der Waals surface area contributed by atoms with E-state index in [1.54, 1.807) is 24.3 Å². The number of carbonyl (C=O) groups is 2. The van der Waals surface area contributed by atoms with E-state index in [2.05, 4.69) is 5.32 Å². The van der Waals surface area contributed by atoms with E-state index < -0.39 is 24.0 Å². The quantitative estimate of drug-likeness (QED) is 0.802. The zero-order chi connectivity index (χ0) is 16.7. The summed E-state index contributed by atoms with van der Waals surface area (Å²) in [6.07, 6.45) is -0.564. The monoisotopic (exact) mass is 304 g/mol. The summed E-state index contributed by atoms with van der Waals surface area (Å²) in [6, 6.07) is 7.58. The number of nitrogens with one attached hydrogen (secondary N) is 1. The summed E-state index contributed by atoms with van der Waals surface area (Å²) >= 11 is 0. The minimum atomic E-state index is -1.08. The van der Waals surface area contributed by atoms with Crippen molar-refractivity contribution in [3.05, 3.63) is 29.8 Å². The van der Waals surface area contributed by atoms with Crippen LogP contribution >= 0.6 is 0 Å². The van der Waals surface area contributed by atoms with Crippen molar-refractivity contribution < 1.29 is 19.4 Å². The molecule has 0 aliphatic rings. The Morgan fingerprint density at radius 3 is 2.50 bits per heavy atom. The molecule has 0 radical (unpaired) electrons. The van der Waals surface area contributed by atoms with Gasteiger partial charge < -0.3 is 15.2 Å². The maximum atomic E-state index is 12.1. The third kappa shape index (κ3) is 5.09. The van der Waals surface area contributed by atoms with Crippen LogP contribution in [0.4, 0.5) is 0 Å². The van der Waals surface area contributed by atoms with Crippen molar-refractivity contribution >= 4 is 11.9 Å². The Kier molecular flexibility index (Phi) is 6.39. The van der Waals surface area contributed by atoms with Crippen molar-refractivity contribution in [2.45, 2.75) is 39.3 Å². The number of carbonyl (C=O) groups excluding carboxylic acids is 1. The van der Waals surface area contributed by atoms with Crippen molar-refractivity contribution in [3.63, 3.8) is 0 Å². The molecule has 6 nitrogen and oxygen atoms in total. The molecule has 0 fully saturated rings. The molecule has 0 bridgehead atoms. The van der Waals surface area contributed by atoms with Gasteiger partial charge in [0.15, 0.2) is 6.10 Å². The third-order valence-electron chi connectivity index (χ3n) is 3.00. The lowest BCUT2D eigenvalue weighted by Crippen LogP contribution is -2.46. The Balaban J connectivity index is 2.72. The number of rotatable bonds is 7. The molecule has 1 amide bonds. The summed E-state index contributed by atoms with van der Waals surface area (Å²) in [7, 11) is 0. The second-order valence-electron chi connectivity index (χ2n) is 5.40. The number of nitrogens with zero attached hydrogens (tertiary/aromatic N) is 1. The van der Waals surface area contributed by atoms with Crippen molar-refractivity contribution in [3.8, 4) is 11.8 Å². The topological polar surface area (TPSA) is 99.4 Å². The second-order valence-corrected chi connectivity index (χ2v) is 5.40. The Bertz CT molecular complexity index is 578. The van der Waals surface area contributed by atoms with Crippen LogP contribution in [0.5, 0.6) is 5.75 Å². The van der Waals surface area contributed by atoms with Crippen molar-refractivity contribution in [2.75, 3.05) is 0 Å². The number of para-hydroxylation sites is 1. The maximum Gasteiger partial charge on any atom is 0.326 e. The van der Waals surface area contributed by atoms with Crippen LogP contribution in [0.3, 0.4) is 0 Å². The maximum absolute atomic E-state index is 12.1. The molecule has 2 atom stereocenters. The standard InChI is InChI=1S/C16H20N2O4/c1-10(2)8-13(16(20)21)18-15(19)11(3)22-14-7-5-4-6-12(14)9-17/h4-7,10-11,13H,8H2,1-3H3,(H,18,19)(H,20,21)/t11?,13-/m1/s1. The molecule has 6 heteroatoms. The van der Waals surface area contributed by atoms with Gasteiger partial charge in [0.1, 0.15) is 17.9 Å². The fourth-order valence-corrected chi connectivity index (χ4v) is 1.89. The first-order valence-electron chi connectivity index (χ1n) is 7.04. The predicted octanol–water partition coefficient (Wildman–Crippen LogP) is 1.94. The molecule has 1 unspecified atom stereocenters. The first-order valence-corrected chi connectivity index (χ1v) is 7.04. The highest BCUT2D eigenvalue weighted by Crippen LogP contribution is 2.18. The van der Waals surface area contributed by atoms with Gasteiger partial charge in [0.2, 0.25) is 0 Å². The summed E-state index contributed by atoms with van der Waals surface area (Å²) in [4.78, 5) is 23.2. The summed E-state index contributed by atoms with van der Waals surface area (Å²) in [5.41, 5.74) is 0.319. The van der Waals surface area contributed by atoms with Crippen LogP contribution in [-0.4, -0.2) is 29.1 Å². The predicted molar refractivity (Wildman–Crippen MR) is 80.3 cm³/mol. The second kappa shape index (κ2) is 8.03. The van der Waals surface area contributed by atoms with Crippen LogP contribution in [0, 0.1) is 17.2 Å². The average Bonchev–Trinajstić information content (AvgIpc) is 2.46. The normalized spacial score (nSPS) is 13.0. The first kappa shape index (κ1) is 17.5. The zero-order valence-electron chi connectivity index (χ0n) is 12.9. The van der Waals surface area contributed by atoms with Crippen molar-refractivity contribution in [1.82, 2.24) is 5.32 Å². The lowest BCUT2D eigenvalue weighted by Gasteiger charge is -2.20. The van der Waals surface area contributed by atoms with Gasteiger partial charge in [-0.2, -0.15) is 5.26 Å². The van der Waals surface area contributed by atoms with E-state index in [4.69, 9.17) is 15.1 Å². The van der Waals surface area contributed by atoms with Crippen LogP contribution in [0.15, 0.2) is 24.3 Å². The smallest absolute Gasteiger partial charge is 0.326 e. The molecule has 0 spiro atoms. The van der Waals surface area contributed by atoms with E-state index in [1.807, 2.05) is 19.9 Å². The molecule has 2 N–H and O–H groups in total. The van der Waals surface area contributed by atoms with Crippen LogP contribution in [0.1, 0.15) is 32.8 Å². The highest BCUT2D eigenvalue weighted by Gasteiger charge is 2.25.